The fraction of sp³-hybridized carbons (Fsp3) is 0.200. The van der Waals surface area contributed by atoms with E-state index in [2.05, 4.69) is 15.5 Å². The molecule has 1 N–H and O–H groups in total. The Morgan fingerprint density at radius 3 is 2.62 bits per heavy atom. The average Bonchev–Trinajstić information content (AvgIpc) is 2.63. The topological polar surface area (TPSA) is 42.7 Å². The lowest BCUT2D eigenvalue weighted by molar-refractivity contribution is 0.925. The summed E-state index contributed by atoms with van der Waals surface area (Å²) in [6.07, 6.45) is 0. The third-order valence-electron chi connectivity index (χ3n) is 2.27. The Hall–Kier alpha value is -1.26. The van der Waals surface area contributed by atoms with Gasteiger partial charge in [-0.05, 0) is 18.2 Å². The Kier molecular flexibility index (Phi) is 3.03. The molecule has 16 heavy (non-hydrogen) atoms. The van der Waals surface area contributed by atoms with Gasteiger partial charge in [-0.2, -0.15) is 0 Å². The quantitative estimate of drug-likeness (QED) is 0.899. The normalized spacial score (nSPS) is 10.5. The zero-order valence-electron chi connectivity index (χ0n) is 8.83. The van der Waals surface area contributed by atoms with Gasteiger partial charge in [0.25, 0.3) is 0 Å². The average molecular weight is 257 g/mol. The van der Waals surface area contributed by atoms with Crippen LogP contribution in [0.1, 0.15) is 0 Å². The van der Waals surface area contributed by atoms with E-state index in [1.807, 2.05) is 11.6 Å². The van der Waals surface area contributed by atoms with E-state index in [-0.39, 0.29) is 0 Å². The van der Waals surface area contributed by atoms with Crippen molar-refractivity contribution in [3.63, 3.8) is 0 Å². The van der Waals surface area contributed by atoms with Crippen molar-refractivity contribution in [1.82, 2.24) is 14.8 Å². The van der Waals surface area contributed by atoms with Crippen molar-refractivity contribution < 1.29 is 0 Å². The lowest BCUT2D eigenvalue weighted by atomic mass is 10.2. The van der Waals surface area contributed by atoms with Gasteiger partial charge in [-0.25, -0.2) is 0 Å². The third-order valence-corrected chi connectivity index (χ3v) is 2.83. The Morgan fingerprint density at radius 2 is 2.00 bits per heavy atom. The summed E-state index contributed by atoms with van der Waals surface area (Å²) in [7, 11) is 3.64. The summed E-state index contributed by atoms with van der Waals surface area (Å²) in [5.74, 6) is 1.35. The molecule has 0 aliphatic heterocycles. The van der Waals surface area contributed by atoms with E-state index in [1.165, 1.54) is 0 Å². The van der Waals surface area contributed by atoms with Crippen molar-refractivity contribution in [3.8, 4) is 11.4 Å². The van der Waals surface area contributed by atoms with Gasteiger partial charge in [0.2, 0.25) is 5.95 Å². The molecule has 0 atom stereocenters. The zero-order chi connectivity index (χ0) is 11.7. The van der Waals surface area contributed by atoms with E-state index in [9.17, 15) is 0 Å². The molecule has 0 saturated carbocycles. The predicted molar refractivity (Wildman–Crippen MR) is 66.0 cm³/mol. The number of nitrogens with zero attached hydrogens (tertiary/aromatic N) is 3. The minimum absolute atomic E-state index is 0.600. The molecule has 0 amide bonds. The highest BCUT2D eigenvalue weighted by Crippen LogP contribution is 2.29. The van der Waals surface area contributed by atoms with E-state index in [0.29, 0.717) is 21.8 Å². The van der Waals surface area contributed by atoms with Gasteiger partial charge < -0.3 is 5.32 Å². The molecule has 2 aromatic rings. The summed E-state index contributed by atoms with van der Waals surface area (Å²) in [5, 5.41) is 12.2. The van der Waals surface area contributed by atoms with Crippen molar-refractivity contribution in [1.29, 1.82) is 0 Å². The third kappa shape index (κ3) is 1.86. The van der Waals surface area contributed by atoms with Crippen molar-refractivity contribution in [3.05, 3.63) is 28.2 Å². The Bertz CT molecular complexity index is 522. The molecule has 4 nitrogen and oxygen atoms in total. The van der Waals surface area contributed by atoms with E-state index < -0.39 is 0 Å². The summed E-state index contributed by atoms with van der Waals surface area (Å²) < 4.78 is 1.82. The highest BCUT2D eigenvalue weighted by molar-refractivity contribution is 6.35. The number of hydrogen-bond acceptors (Lipinski definition) is 3. The summed E-state index contributed by atoms with van der Waals surface area (Å²) >= 11 is 12.0. The maximum atomic E-state index is 6.10. The second-order valence-electron chi connectivity index (χ2n) is 3.28. The van der Waals surface area contributed by atoms with Crippen LogP contribution in [-0.2, 0) is 7.05 Å². The van der Waals surface area contributed by atoms with E-state index in [0.717, 1.165) is 5.56 Å². The van der Waals surface area contributed by atoms with Crippen molar-refractivity contribution >= 4 is 29.2 Å². The molecular weight excluding hydrogens is 247 g/mol. The van der Waals surface area contributed by atoms with Gasteiger partial charge in [-0.3, -0.25) is 4.57 Å². The number of anilines is 1. The van der Waals surface area contributed by atoms with Gasteiger partial charge in [0.15, 0.2) is 5.82 Å². The van der Waals surface area contributed by atoms with Gasteiger partial charge in [0.05, 0.1) is 5.02 Å². The molecule has 0 aliphatic rings. The summed E-state index contributed by atoms with van der Waals surface area (Å²) in [6.45, 7) is 0. The van der Waals surface area contributed by atoms with Gasteiger partial charge >= 0.3 is 0 Å². The second kappa shape index (κ2) is 4.31. The van der Waals surface area contributed by atoms with Crippen LogP contribution in [0.3, 0.4) is 0 Å². The summed E-state index contributed by atoms with van der Waals surface area (Å²) in [4.78, 5) is 0. The molecule has 0 spiro atoms. The van der Waals surface area contributed by atoms with Gasteiger partial charge in [0, 0.05) is 24.7 Å². The van der Waals surface area contributed by atoms with Gasteiger partial charge in [-0.1, -0.05) is 23.2 Å². The molecule has 1 heterocycles. The van der Waals surface area contributed by atoms with Crippen LogP contribution in [0.2, 0.25) is 10.0 Å². The van der Waals surface area contributed by atoms with Gasteiger partial charge in [0.1, 0.15) is 0 Å². The van der Waals surface area contributed by atoms with Crippen LogP contribution in [-0.4, -0.2) is 21.8 Å². The van der Waals surface area contributed by atoms with E-state index >= 15 is 0 Å². The molecule has 84 valence electrons. The molecule has 0 bridgehead atoms. The maximum absolute atomic E-state index is 6.10. The summed E-state index contributed by atoms with van der Waals surface area (Å²) in [6, 6.07) is 5.25. The monoisotopic (exact) mass is 256 g/mol. The van der Waals surface area contributed by atoms with Crippen LogP contribution >= 0.6 is 23.2 Å². The predicted octanol–water partition coefficient (Wildman–Crippen LogP) is 2.83. The lowest BCUT2D eigenvalue weighted by Crippen LogP contribution is -1.99. The molecule has 1 aromatic carbocycles. The minimum Gasteiger partial charge on any atom is -0.357 e. The Balaban J connectivity index is 2.58. The number of benzene rings is 1. The van der Waals surface area contributed by atoms with Crippen molar-refractivity contribution in [2.45, 2.75) is 0 Å². The molecule has 1 aromatic heterocycles. The fourth-order valence-corrected chi connectivity index (χ4v) is 1.82. The first kappa shape index (κ1) is 11.2. The molecule has 0 radical (unpaired) electrons. The van der Waals surface area contributed by atoms with Crippen molar-refractivity contribution in [2.75, 3.05) is 12.4 Å². The van der Waals surface area contributed by atoms with E-state index in [1.54, 1.807) is 25.2 Å². The molecular formula is C10H10Cl2N4. The molecule has 6 heteroatoms. The van der Waals surface area contributed by atoms with Crippen LogP contribution in [0.15, 0.2) is 18.2 Å². The van der Waals surface area contributed by atoms with Crippen LogP contribution < -0.4 is 5.32 Å². The minimum atomic E-state index is 0.600. The Labute approximate surface area is 103 Å². The van der Waals surface area contributed by atoms with Crippen molar-refractivity contribution in [2.24, 2.45) is 7.05 Å². The number of nitrogens with one attached hydrogen (secondary N) is 1. The first-order valence-electron chi connectivity index (χ1n) is 4.66. The van der Waals surface area contributed by atoms with Crippen LogP contribution in [0.4, 0.5) is 5.95 Å². The van der Waals surface area contributed by atoms with Gasteiger partial charge in [-0.15, -0.1) is 10.2 Å². The van der Waals surface area contributed by atoms with Crippen LogP contribution in [0.5, 0.6) is 0 Å². The zero-order valence-corrected chi connectivity index (χ0v) is 10.3. The molecule has 0 aliphatic carbocycles. The smallest absolute Gasteiger partial charge is 0.224 e. The Morgan fingerprint density at radius 1 is 1.25 bits per heavy atom. The van der Waals surface area contributed by atoms with Crippen LogP contribution in [0.25, 0.3) is 11.4 Å². The molecule has 0 unspecified atom stereocenters. The standard InChI is InChI=1S/C10H10Cl2N4/c1-13-10-15-14-9(16(10)2)7-5-6(11)3-4-8(7)12/h3-5H,1-2H3,(H,13,15). The number of halogens is 2. The van der Waals surface area contributed by atoms with E-state index in [4.69, 9.17) is 23.2 Å². The number of aromatic nitrogens is 3. The molecule has 2 rings (SSSR count). The summed E-state index contributed by atoms with van der Waals surface area (Å²) in [5.41, 5.74) is 0.769. The highest BCUT2D eigenvalue weighted by atomic mass is 35.5. The maximum Gasteiger partial charge on any atom is 0.224 e. The lowest BCUT2D eigenvalue weighted by Gasteiger charge is -2.05. The molecule has 0 saturated heterocycles. The highest BCUT2D eigenvalue weighted by Gasteiger charge is 2.12. The van der Waals surface area contributed by atoms with Crippen LogP contribution in [0, 0.1) is 0 Å². The second-order valence-corrected chi connectivity index (χ2v) is 4.12. The number of hydrogen-bond donors (Lipinski definition) is 1. The first-order chi connectivity index (χ1) is 7.63. The number of rotatable bonds is 2. The molecule has 0 fully saturated rings. The largest absolute Gasteiger partial charge is 0.357 e. The first-order valence-corrected chi connectivity index (χ1v) is 5.41. The SMILES string of the molecule is CNc1nnc(-c2cc(Cl)ccc2Cl)n1C. The fourth-order valence-electron chi connectivity index (χ4n) is 1.45.